The van der Waals surface area contributed by atoms with E-state index in [0.717, 1.165) is 24.6 Å². The molecule has 2 N–H and O–H groups in total. The number of nitrogens with one attached hydrogen (secondary N) is 2. The lowest BCUT2D eigenvalue weighted by atomic mass is 9.99. The van der Waals surface area contributed by atoms with Crippen LogP contribution in [0, 0.1) is 6.92 Å². The van der Waals surface area contributed by atoms with Gasteiger partial charge >= 0.3 is 0 Å². The van der Waals surface area contributed by atoms with Crippen LogP contribution in [0.15, 0.2) is 6.20 Å². The van der Waals surface area contributed by atoms with Gasteiger partial charge in [-0.1, -0.05) is 0 Å². The molecule has 0 aliphatic carbocycles. The van der Waals surface area contributed by atoms with Crippen molar-refractivity contribution in [3.8, 4) is 0 Å². The Hall–Kier alpha value is -0.540. The summed E-state index contributed by atoms with van der Waals surface area (Å²) in [6.45, 7) is 4.29. The van der Waals surface area contributed by atoms with Crippen molar-refractivity contribution in [1.29, 1.82) is 0 Å². The molecular weight excluding hydrogens is 186 g/mol. The molecule has 3 nitrogen and oxygen atoms in total. The summed E-state index contributed by atoms with van der Waals surface area (Å²) in [5, 5.41) is 3.38. The van der Waals surface area contributed by atoms with E-state index in [1.54, 1.807) is 0 Å². The molecule has 1 aromatic heterocycles. The number of hydrogen-bond acceptors (Lipinski definition) is 2. The average molecular weight is 202 g/mol. The fourth-order valence-corrected chi connectivity index (χ4v) is 1.73. The van der Waals surface area contributed by atoms with E-state index >= 15 is 0 Å². The van der Waals surface area contributed by atoms with Crippen LogP contribution in [0.5, 0.6) is 0 Å². The van der Waals surface area contributed by atoms with Crippen molar-refractivity contribution in [1.82, 2.24) is 15.3 Å². The van der Waals surface area contributed by atoms with E-state index in [9.17, 15) is 0 Å². The molecule has 2 heterocycles. The Labute approximate surface area is 84.7 Å². The Kier molecular flexibility index (Phi) is 3.75. The normalized spacial score (nSPS) is 22.4. The second-order valence-corrected chi connectivity index (χ2v) is 3.49. The van der Waals surface area contributed by atoms with Gasteiger partial charge in [-0.05, 0) is 26.3 Å². The first-order valence-electron chi connectivity index (χ1n) is 4.58. The highest BCUT2D eigenvalue weighted by Gasteiger charge is 2.16. The van der Waals surface area contributed by atoms with E-state index in [1.807, 2.05) is 13.1 Å². The highest BCUT2D eigenvalue weighted by molar-refractivity contribution is 5.85. The molecule has 0 radical (unpaired) electrons. The number of aryl methyl sites for hydroxylation is 1. The number of piperidine rings is 1. The lowest BCUT2D eigenvalue weighted by Gasteiger charge is -2.20. The summed E-state index contributed by atoms with van der Waals surface area (Å²) in [4.78, 5) is 7.64. The van der Waals surface area contributed by atoms with E-state index in [4.69, 9.17) is 0 Å². The smallest absolute Gasteiger partial charge is 0.110 e. The van der Waals surface area contributed by atoms with Crippen molar-refractivity contribution in [3.05, 3.63) is 17.7 Å². The molecule has 1 fully saturated rings. The summed E-state index contributed by atoms with van der Waals surface area (Å²) in [6.07, 6.45) is 4.44. The summed E-state index contributed by atoms with van der Waals surface area (Å²) in [7, 11) is 0. The van der Waals surface area contributed by atoms with Crippen LogP contribution in [0.3, 0.4) is 0 Å². The van der Waals surface area contributed by atoms with Crippen LogP contribution in [-0.2, 0) is 0 Å². The largest absolute Gasteiger partial charge is 0.346 e. The van der Waals surface area contributed by atoms with Crippen LogP contribution in [0.1, 0.15) is 30.3 Å². The topological polar surface area (TPSA) is 40.7 Å². The maximum Gasteiger partial charge on any atom is 0.110 e. The summed E-state index contributed by atoms with van der Waals surface area (Å²) in [6, 6.07) is 0. The third-order valence-electron chi connectivity index (χ3n) is 2.41. The average Bonchev–Trinajstić information content (AvgIpc) is 2.54. The first kappa shape index (κ1) is 10.5. The molecule has 1 aliphatic rings. The fourth-order valence-electron chi connectivity index (χ4n) is 1.73. The summed E-state index contributed by atoms with van der Waals surface area (Å²) >= 11 is 0. The van der Waals surface area contributed by atoms with Gasteiger partial charge in [0.2, 0.25) is 0 Å². The van der Waals surface area contributed by atoms with Crippen molar-refractivity contribution >= 4 is 12.4 Å². The number of halogens is 1. The predicted octanol–water partition coefficient (Wildman–Crippen LogP) is 1.61. The Balaban J connectivity index is 0.000000845. The van der Waals surface area contributed by atoms with E-state index in [2.05, 4.69) is 15.3 Å². The highest BCUT2D eigenvalue weighted by atomic mass is 35.5. The lowest BCUT2D eigenvalue weighted by Crippen LogP contribution is -2.28. The lowest BCUT2D eigenvalue weighted by molar-refractivity contribution is 0.448. The minimum atomic E-state index is 0. The number of nitrogens with zero attached hydrogens (tertiary/aromatic N) is 1. The number of H-pyrrole nitrogens is 1. The van der Waals surface area contributed by atoms with E-state index < -0.39 is 0 Å². The molecule has 1 aromatic rings. The Morgan fingerprint density at radius 3 is 2.92 bits per heavy atom. The van der Waals surface area contributed by atoms with Crippen molar-refractivity contribution in [2.24, 2.45) is 0 Å². The van der Waals surface area contributed by atoms with Crippen molar-refractivity contribution in [3.63, 3.8) is 0 Å². The van der Waals surface area contributed by atoms with Gasteiger partial charge in [-0.25, -0.2) is 4.98 Å². The molecule has 13 heavy (non-hydrogen) atoms. The van der Waals surface area contributed by atoms with Gasteiger partial charge < -0.3 is 10.3 Å². The Bertz CT molecular complexity index is 253. The minimum Gasteiger partial charge on any atom is -0.346 e. The molecular formula is C9H16ClN3. The zero-order chi connectivity index (χ0) is 8.39. The quantitative estimate of drug-likeness (QED) is 0.725. The SMILES string of the molecule is Cc1cnc(C2CCCNC2)[nH]1.Cl. The molecule has 2 rings (SSSR count). The molecule has 0 amide bonds. The molecule has 0 spiro atoms. The van der Waals surface area contributed by atoms with Crippen molar-refractivity contribution in [2.75, 3.05) is 13.1 Å². The Morgan fingerprint density at radius 1 is 1.54 bits per heavy atom. The molecule has 0 aromatic carbocycles. The van der Waals surface area contributed by atoms with Crippen LogP contribution in [0.2, 0.25) is 0 Å². The van der Waals surface area contributed by atoms with Gasteiger partial charge in [-0.2, -0.15) is 0 Å². The van der Waals surface area contributed by atoms with Gasteiger partial charge in [-0.3, -0.25) is 0 Å². The number of rotatable bonds is 1. The fraction of sp³-hybridized carbons (Fsp3) is 0.667. The van der Waals surface area contributed by atoms with Gasteiger partial charge in [0.25, 0.3) is 0 Å². The monoisotopic (exact) mass is 201 g/mol. The maximum atomic E-state index is 4.34. The molecule has 4 heteroatoms. The summed E-state index contributed by atoms with van der Waals surface area (Å²) in [5.41, 5.74) is 1.16. The summed E-state index contributed by atoms with van der Waals surface area (Å²) in [5.74, 6) is 1.76. The van der Waals surface area contributed by atoms with Gasteiger partial charge in [0, 0.05) is 24.4 Å². The van der Waals surface area contributed by atoms with Crippen LogP contribution >= 0.6 is 12.4 Å². The first-order valence-corrected chi connectivity index (χ1v) is 4.58. The molecule has 1 unspecified atom stereocenters. The van der Waals surface area contributed by atoms with Crippen LogP contribution < -0.4 is 5.32 Å². The highest BCUT2D eigenvalue weighted by Crippen LogP contribution is 2.19. The van der Waals surface area contributed by atoms with Gasteiger partial charge in [0.05, 0.1) is 0 Å². The number of hydrogen-bond donors (Lipinski definition) is 2. The van der Waals surface area contributed by atoms with Gasteiger partial charge in [0.1, 0.15) is 5.82 Å². The standard InChI is InChI=1S/C9H15N3.ClH/c1-7-5-11-9(12-7)8-3-2-4-10-6-8;/h5,8,10H,2-4,6H2,1H3,(H,11,12);1H. The van der Waals surface area contributed by atoms with Gasteiger partial charge in [0.15, 0.2) is 0 Å². The molecule has 0 bridgehead atoms. The van der Waals surface area contributed by atoms with E-state index in [0.29, 0.717) is 5.92 Å². The zero-order valence-electron chi connectivity index (χ0n) is 7.84. The van der Waals surface area contributed by atoms with Gasteiger partial charge in [-0.15, -0.1) is 12.4 Å². The molecule has 74 valence electrons. The molecule has 1 atom stereocenters. The zero-order valence-corrected chi connectivity index (χ0v) is 8.66. The second-order valence-electron chi connectivity index (χ2n) is 3.49. The van der Waals surface area contributed by atoms with Crippen LogP contribution in [0.4, 0.5) is 0 Å². The first-order chi connectivity index (χ1) is 5.86. The van der Waals surface area contributed by atoms with Crippen LogP contribution in [0.25, 0.3) is 0 Å². The number of aromatic amines is 1. The number of aromatic nitrogens is 2. The minimum absolute atomic E-state index is 0. The molecule has 1 saturated heterocycles. The van der Waals surface area contributed by atoms with E-state index in [1.165, 1.54) is 12.8 Å². The third kappa shape index (κ3) is 2.45. The molecule has 1 aliphatic heterocycles. The number of imidazole rings is 1. The van der Waals surface area contributed by atoms with Crippen LogP contribution in [-0.4, -0.2) is 23.1 Å². The molecule has 0 saturated carbocycles. The maximum absolute atomic E-state index is 4.34. The van der Waals surface area contributed by atoms with Crippen molar-refractivity contribution in [2.45, 2.75) is 25.7 Å². The summed E-state index contributed by atoms with van der Waals surface area (Å²) < 4.78 is 0. The third-order valence-corrected chi connectivity index (χ3v) is 2.41. The van der Waals surface area contributed by atoms with E-state index in [-0.39, 0.29) is 12.4 Å². The van der Waals surface area contributed by atoms with Crippen molar-refractivity contribution < 1.29 is 0 Å². The Morgan fingerprint density at radius 2 is 2.38 bits per heavy atom. The second kappa shape index (κ2) is 4.63. The predicted molar refractivity (Wildman–Crippen MR) is 55.4 cm³/mol.